The maximum absolute atomic E-state index is 13.4. The van der Waals surface area contributed by atoms with E-state index < -0.39 is 11.6 Å². The Balaban J connectivity index is 2.41. The second kappa shape index (κ2) is 4.14. The van der Waals surface area contributed by atoms with E-state index in [9.17, 15) is 9.18 Å². The highest BCUT2D eigenvalue weighted by molar-refractivity contribution is 9.10. The van der Waals surface area contributed by atoms with Gasteiger partial charge in [0.05, 0.1) is 12.2 Å². The van der Waals surface area contributed by atoms with Crippen molar-refractivity contribution in [2.75, 3.05) is 6.61 Å². The van der Waals surface area contributed by atoms with E-state index in [2.05, 4.69) is 15.9 Å². The fourth-order valence-electron chi connectivity index (χ4n) is 1.41. The van der Waals surface area contributed by atoms with Crippen LogP contribution in [-0.2, 0) is 4.74 Å². The highest BCUT2D eigenvalue weighted by atomic mass is 79.9. The smallest absolute Gasteiger partial charge is 0.231 e. The van der Waals surface area contributed by atoms with Crippen molar-refractivity contribution in [2.24, 2.45) is 0 Å². The summed E-state index contributed by atoms with van der Waals surface area (Å²) in [4.78, 5) is 11.8. The number of carbonyl (C=O) groups is 1. The first-order chi connectivity index (χ1) is 7.20. The summed E-state index contributed by atoms with van der Waals surface area (Å²) in [5, 5.41) is 0. The van der Waals surface area contributed by atoms with E-state index in [1.54, 1.807) is 18.2 Å². The Kier molecular flexibility index (Phi) is 2.86. The summed E-state index contributed by atoms with van der Waals surface area (Å²) in [6, 6.07) is 4.43. The predicted octanol–water partition coefficient (Wildman–Crippen LogP) is 3.08. The molecule has 0 N–H and O–H groups in total. The maximum Gasteiger partial charge on any atom is 0.231 e. The van der Waals surface area contributed by atoms with Gasteiger partial charge in [0.2, 0.25) is 5.78 Å². The molecule has 4 heteroatoms. The fraction of sp³-hybridized carbons (Fsp3) is 0.182. The lowest BCUT2D eigenvalue weighted by Crippen LogP contribution is -2.07. The quantitative estimate of drug-likeness (QED) is 0.773. The molecule has 2 nitrogen and oxygen atoms in total. The second-order valence-electron chi connectivity index (χ2n) is 3.13. The minimum atomic E-state index is -0.536. The number of carbonyl (C=O) groups excluding carboxylic acids is 1. The Labute approximate surface area is 94.9 Å². The molecular formula is C11H8BrFO2. The van der Waals surface area contributed by atoms with Crippen molar-refractivity contribution >= 4 is 21.7 Å². The highest BCUT2D eigenvalue weighted by Crippen LogP contribution is 2.24. The Hall–Kier alpha value is -1.16. The highest BCUT2D eigenvalue weighted by Gasteiger charge is 2.22. The van der Waals surface area contributed by atoms with Crippen molar-refractivity contribution in [3.05, 3.63) is 45.9 Å². The van der Waals surface area contributed by atoms with Crippen molar-refractivity contribution in [1.29, 1.82) is 0 Å². The number of hydrogen-bond donors (Lipinski definition) is 0. The first-order valence-corrected chi connectivity index (χ1v) is 5.31. The number of allylic oxidation sites excluding steroid dienone is 1. The van der Waals surface area contributed by atoms with Crippen molar-refractivity contribution in [3.8, 4) is 0 Å². The Morgan fingerprint density at radius 1 is 1.47 bits per heavy atom. The normalized spacial score (nSPS) is 14.7. The molecule has 1 aromatic carbocycles. The minimum absolute atomic E-state index is 0.0330. The number of ketones is 1. The van der Waals surface area contributed by atoms with Crippen LogP contribution in [0.1, 0.15) is 16.8 Å². The van der Waals surface area contributed by atoms with Crippen LogP contribution in [-0.4, -0.2) is 12.4 Å². The first kappa shape index (κ1) is 10.4. The standard InChI is InChI=1S/C11H8BrFO2/c12-7-3-1-4-8(13)10(7)11(14)9-5-2-6-15-9/h1,3-5H,2,6H2. The third-order valence-corrected chi connectivity index (χ3v) is 2.78. The molecule has 0 spiro atoms. The molecule has 0 radical (unpaired) electrons. The Morgan fingerprint density at radius 2 is 2.27 bits per heavy atom. The van der Waals surface area contributed by atoms with Gasteiger partial charge in [0.25, 0.3) is 0 Å². The van der Waals surface area contributed by atoms with Crippen LogP contribution in [0, 0.1) is 5.82 Å². The molecule has 1 aliphatic rings. The molecule has 0 saturated carbocycles. The largest absolute Gasteiger partial charge is 0.489 e. The van der Waals surface area contributed by atoms with Crippen molar-refractivity contribution in [3.63, 3.8) is 0 Å². The molecule has 0 bridgehead atoms. The number of benzene rings is 1. The molecule has 15 heavy (non-hydrogen) atoms. The average Bonchev–Trinajstić information content (AvgIpc) is 2.69. The summed E-state index contributed by atoms with van der Waals surface area (Å²) in [5.74, 6) is -0.705. The molecular weight excluding hydrogens is 263 g/mol. The van der Waals surface area contributed by atoms with Crippen LogP contribution in [0.5, 0.6) is 0 Å². The zero-order chi connectivity index (χ0) is 10.8. The van der Waals surface area contributed by atoms with Crippen molar-refractivity contribution in [2.45, 2.75) is 6.42 Å². The van der Waals surface area contributed by atoms with Gasteiger partial charge in [0.1, 0.15) is 5.82 Å². The monoisotopic (exact) mass is 270 g/mol. The van der Waals surface area contributed by atoms with Crippen molar-refractivity contribution < 1.29 is 13.9 Å². The van der Waals surface area contributed by atoms with Crippen LogP contribution < -0.4 is 0 Å². The number of ether oxygens (including phenoxy) is 1. The molecule has 0 amide bonds. The zero-order valence-electron chi connectivity index (χ0n) is 7.80. The number of rotatable bonds is 2. The number of Topliss-reactive ketones (excluding diaryl/α,β-unsaturated/α-hetero) is 1. The third-order valence-electron chi connectivity index (χ3n) is 2.12. The van der Waals surface area contributed by atoms with Gasteiger partial charge in [-0.05, 0) is 34.1 Å². The van der Waals surface area contributed by atoms with Crippen LogP contribution in [0.4, 0.5) is 4.39 Å². The molecule has 78 valence electrons. The van der Waals surface area contributed by atoms with E-state index in [4.69, 9.17) is 4.74 Å². The Bertz CT molecular complexity index is 420. The van der Waals surface area contributed by atoms with Crippen LogP contribution in [0.25, 0.3) is 0 Å². The van der Waals surface area contributed by atoms with Gasteiger partial charge in [-0.1, -0.05) is 6.07 Å². The molecule has 1 aliphatic heterocycles. The third kappa shape index (κ3) is 1.95. The van der Waals surface area contributed by atoms with Crippen molar-refractivity contribution in [1.82, 2.24) is 0 Å². The SMILES string of the molecule is O=C(C1=CCCO1)c1c(F)cccc1Br. The molecule has 1 heterocycles. The molecule has 0 aromatic heterocycles. The Morgan fingerprint density at radius 3 is 2.87 bits per heavy atom. The molecule has 0 unspecified atom stereocenters. The van der Waals surface area contributed by atoms with E-state index in [0.29, 0.717) is 17.5 Å². The topological polar surface area (TPSA) is 26.3 Å². The number of halogens is 2. The van der Waals surface area contributed by atoms with Gasteiger partial charge in [0.15, 0.2) is 5.76 Å². The lowest BCUT2D eigenvalue weighted by Gasteiger charge is -2.05. The van der Waals surface area contributed by atoms with Gasteiger partial charge in [-0.15, -0.1) is 0 Å². The summed E-state index contributed by atoms with van der Waals surface area (Å²) >= 11 is 3.15. The van der Waals surface area contributed by atoms with E-state index >= 15 is 0 Å². The van der Waals surface area contributed by atoms with Gasteiger partial charge >= 0.3 is 0 Å². The van der Waals surface area contributed by atoms with Crippen LogP contribution >= 0.6 is 15.9 Å². The van der Waals surface area contributed by atoms with Crippen LogP contribution in [0.3, 0.4) is 0 Å². The summed E-state index contributed by atoms with van der Waals surface area (Å²) < 4.78 is 19.0. The van der Waals surface area contributed by atoms with E-state index in [1.807, 2.05) is 0 Å². The molecule has 1 aromatic rings. The molecule has 0 aliphatic carbocycles. The van der Waals surface area contributed by atoms with Gasteiger partial charge in [0, 0.05) is 10.9 Å². The summed E-state index contributed by atoms with van der Waals surface area (Å²) in [5.41, 5.74) is 0.0330. The molecule has 0 saturated heterocycles. The second-order valence-corrected chi connectivity index (χ2v) is 3.99. The van der Waals surface area contributed by atoms with Gasteiger partial charge in [-0.25, -0.2) is 4.39 Å². The summed E-state index contributed by atoms with van der Waals surface area (Å²) in [7, 11) is 0. The van der Waals surface area contributed by atoms with Crippen LogP contribution in [0.2, 0.25) is 0 Å². The molecule has 0 atom stereocenters. The van der Waals surface area contributed by atoms with Crippen LogP contribution in [0.15, 0.2) is 34.5 Å². The number of hydrogen-bond acceptors (Lipinski definition) is 2. The average molecular weight is 271 g/mol. The van der Waals surface area contributed by atoms with Gasteiger partial charge in [-0.2, -0.15) is 0 Å². The summed E-state index contributed by atoms with van der Waals surface area (Å²) in [6.45, 7) is 0.493. The lowest BCUT2D eigenvalue weighted by atomic mass is 10.1. The molecule has 0 fully saturated rings. The zero-order valence-corrected chi connectivity index (χ0v) is 9.38. The predicted molar refractivity (Wildman–Crippen MR) is 57.1 cm³/mol. The van der Waals surface area contributed by atoms with E-state index in [-0.39, 0.29) is 11.3 Å². The first-order valence-electron chi connectivity index (χ1n) is 4.52. The fourth-order valence-corrected chi connectivity index (χ4v) is 1.94. The van der Waals surface area contributed by atoms with E-state index in [0.717, 1.165) is 0 Å². The lowest BCUT2D eigenvalue weighted by molar-refractivity contribution is 0.0937. The maximum atomic E-state index is 13.4. The minimum Gasteiger partial charge on any atom is -0.489 e. The van der Waals surface area contributed by atoms with Gasteiger partial charge < -0.3 is 4.74 Å². The van der Waals surface area contributed by atoms with E-state index in [1.165, 1.54) is 6.07 Å². The van der Waals surface area contributed by atoms with Gasteiger partial charge in [-0.3, -0.25) is 4.79 Å². The summed E-state index contributed by atoms with van der Waals surface area (Å²) in [6.07, 6.45) is 2.38. The molecule has 2 rings (SSSR count).